The van der Waals surface area contributed by atoms with Crippen LogP contribution in [0.25, 0.3) is 0 Å². The van der Waals surface area contributed by atoms with E-state index in [4.69, 9.17) is 4.74 Å². The van der Waals surface area contributed by atoms with Crippen molar-refractivity contribution in [2.45, 2.75) is 27.2 Å². The summed E-state index contributed by atoms with van der Waals surface area (Å²) in [5.41, 5.74) is -0.203. The first kappa shape index (κ1) is 17.1. The molecule has 1 aromatic rings. The van der Waals surface area contributed by atoms with E-state index >= 15 is 0 Å². The second-order valence-electron chi connectivity index (χ2n) is 4.44. The highest BCUT2D eigenvalue weighted by molar-refractivity contribution is 5.61. The lowest BCUT2D eigenvalue weighted by Gasteiger charge is -2.17. The first-order valence-electron chi connectivity index (χ1n) is 7.22. The summed E-state index contributed by atoms with van der Waals surface area (Å²) in [6.45, 7) is 9.58. The zero-order valence-corrected chi connectivity index (χ0v) is 12.8. The molecule has 0 amide bonds. The van der Waals surface area contributed by atoms with Gasteiger partial charge in [-0.3, -0.25) is 10.1 Å². The second kappa shape index (κ2) is 9.06. The second-order valence-corrected chi connectivity index (χ2v) is 4.44. The van der Waals surface area contributed by atoms with Crippen LogP contribution in [0.3, 0.4) is 0 Å². The molecule has 0 radical (unpaired) electrons. The molecule has 1 heterocycles. The zero-order valence-electron chi connectivity index (χ0n) is 12.8. The fourth-order valence-electron chi connectivity index (χ4n) is 1.82. The van der Waals surface area contributed by atoms with Crippen molar-refractivity contribution in [1.82, 2.24) is 14.9 Å². The number of nitro groups is 1. The highest BCUT2D eigenvalue weighted by Gasteiger charge is 2.24. The lowest BCUT2D eigenvalue weighted by Crippen LogP contribution is -2.28. The van der Waals surface area contributed by atoms with Crippen LogP contribution < -0.4 is 10.1 Å². The molecule has 8 nitrogen and oxygen atoms in total. The van der Waals surface area contributed by atoms with Crippen LogP contribution in [0.15, 0.2) is 6.33 Å². The molecule has 0 unspecified atom stereocenters. The van der Waals surface area contributed by atoms with Gasteiger partial charge in [0.1, 0.15) is 12.9 Å². The van der Waals surface area contributed by atoms with Crippen molar-refractivity contribution in [3.8, 4) is 5.88 Å². The Balaban J connectivity index is 2.78. The minimum Gasteiger partial charge on any atom is -0.471 e. The molecular weight excluding hydrogens is 274 g/mol. The third kappa shape index (κ3) is 5.14. The molecule has 0 saturated heterocycles. The first-order chi connectivity index (χ1) is 10.1. The molecule has 118 valence electrons. The van der Waals surface area contributed by atoms with Gasteiger partial charge in [-0.2, -0.15) is 4.98 Å². The Bertz CT molecular complexity index is 451. The summed E-state index contributed by atoms with van der Waals surface area (Å²) in [4.78, 5) is 20.7. The third-order valence-electron chi connectivity index (χ3n) is 3.05. The standard InChI is InChI=1S/C13H23N5O3/c1-4-7-14-12-11(18(19)20)13(16-10-15-12)21-9-8-17(5-2)6-3/h10H,4-9H2,1-3H3,(H,14,15,16). The maximum absolute atomic E-state index is 11.2. The summed E-state index contributed by atoms with van der Waals surface area (Å²) in [5, 5.41) is 14.1. The number of ether oxygens (including phenoxy) is 1. The van der Waals surface area contributed by atoms with Crippen LogP contribution in [0.1, 0.15) is 27.2 Å². The average Bonchev–Trinajstić information content (AvgIpc) is 2.49. The Morgan fingerprint density at radius 1 is 1.33 bits per heavy atom. The van der Waals surface area contributed by atoms with Crippen molar-refractivity contribution in [3.63, 3.8) is 0 Å². The first-order valence-corrected chi connectivity index (χ1v) is 7.22. The van der Waals surface area contributed by atoms with E-state index < -0.39 is 4.92 Å². The predicted octanol–water partition coefficient (Wildman–Crippen LogP) is 1.93. The van der Waals surface area contributed by atoms with Crippen molar-refractivity contribution in [1.29, 1.82) is 0 Å². The highest BCUT2D eigenvalue weighted by atomic mass is 16.6. The minimum absolute atomic E-state index is 0.0146. The Kier molecular flexibility index (Phi) is 7.38. The molecule has 0 fully saturated rings. The van der Waals surface area contributed by atoms with Crippen LogP contribution >= 0.6 is 0 Å². The van der Waals surface area contributed by atoms with Crippen LogP contribution in [-0.2, 0) is 0 Å². The minimum atomic E-state index is -0.509. The van der Waals surface area contributed by atoms with Crippen molar-refractivity contribution >= 4 is 11.5 Å². The Hall–Kier alpha value is -1.96. The molecule has 1 N–H and O–H groups in total. The van der Waals surface area contributed by atoms with Gasteiger partial charge in [0.15, 0.2) is 0 Å². The fraction of sp³-hybridized carbons (Fsp3) is 0.692. The van der Waals surface area contributed by atoms with E-state index in [-0.39, 0.29) is 17.4 Å². The van der Waals surface area contributed by atoms with E-state index in [1.807, 2.05) is 6.92 Å². The molecule has 1 aromatic heterocycles. The smallest absolute Gasteiger partial charge is 0.372 e. The van der Waals surface area contributed by atoms with E-state index in [2.05, 4.69) is 34.0 Å². The highest BCUT2D eigenvalue weighted by Crippen LogP contribution is 2.30. The lowest BCUT2D eigenvalue weighted by atomic mass is 10.4. The van der Waals surface area contributed by atoms with Crippen LogP contribution in [0.2, 0.25) is 0 Å². The lowest BCUT2D eigenvalue weighted by molar-refractivity contribution is -0.385. The summed E-state index contributed by atoms with van der Waals surface area (Å²) in [7, 11) is 0. The van der Waals surface area contributed by atoms with Crippen molar-refractivity contribution in [2.24, 2.45) is 0 Å². The van der Waals surface area contributed by atoms with Gasteiger partial charge in [0, 0.05) is 13.1 Å². The van der Waals surface area contributed by atoms with Gasteiger partial charge in [0.25, 0.3) is 5.88 Å². The van der Waals surface area contributed by atoms with E-state index in [1.165, 1.54) is 6.33 Å². The molecule has 21 heavy (non-hydrogen) atoms. The Morgan fingerprint density at radius 2 is 2.05 bits per heavy atom. The van der Waals surface area contributed by atoms with Crippen LogP contribution in [0.4, 0.5) is 11.5 Å². The molecule has 0 aliphatic carbocycles. The number of nitrogens with one attached hydrogen (secondary N) is 1. The fourth-order valence-corrected chi connectivity index (χ4v) is 1.82. The summed E-state index contributed by atoms with van der Waals surface area (Å²) in [5.74, 6) is 0.218. The predicted molar refractivity (Wildman–Crippen MR) is 80.8 cm³/mol. The molecule has 0 aliphatic rings. The topological polar surface area (TPSA) is 93.4 Å². The number of rotatable bonds is 10. The van der Waals surface area contributed by atoms with E-state index in [0.717, 1.165) is 19.5 Å². The number of hydrogen-bond acceptors (Lipinski definition) is 7. The normalized spacial score (nSPS) is 10.7. The molecule has 0 atom stereocenters. The van der Waals surface area contributed by atoms with Gasteiger partial charge in [0.05, 0.1) is 4.92 Å². The van der Waals surface area contributed by atoms with Gasteiger partial charge in [-0.25, -0.2) is 4.98 Å². The number of nitrogens with zero attached hydrogens (tertiary/aromatic N) is 4. The van der Waals surface area contributed by atoms with Gasteiger partial charge >= 0.3 is 5.69 Å². The van der Waals surface area contributed by atoms with Crippen molar-refractivity contribution in [3.05, 3.63) is 16.4 Å². The number of anilines is 1. The summed E-state index contributed by atoms with van der Waals surface area (Å²) >= 11 is 0. The summed E-state index contributed by atoms with van der Waals surface area (Å²) in [6, 6.07) is 0. The number of aromatic nitrogens is 2. The zero-order chi connectivity index (χ0) is 15.7. The molecule has 8 heteroatoms. The third-order valence-corrected chi connectivity index (χ3v) is 3.05. The van der Waals surface area contributed by atoms with Crippen LogP contribution in [-0.4, -0.2) is 52.6 Å². The maximum atomic E-state index is 11.2. The summed E-state index contributed by atoms with van der Waals surface area (Å²) in [6.07, 6.45) is 2.12. The summed E-state index contributed by atoms with van der Waals surface area (Å²) < 4.78 is 5.48. The van der Waals surface area contributed by atoms with Crippen LogP contribution in [0, 0.1) is 10.1 Å². The maximum Gasteiger partial charge on any atom is 0.372 e. The van der Waals surface area contributed by atoms with Gasteiger partial charge in [-0.15, -0.1) is 0 Å². The molecule has 0 spiro atoms. The number of likely N-dealkylation sites (N-methyl/N-ethyl adjacent to an activating group) is 1. The molecule has 0 bridgehead atoms. The molecule has 0 aromatic carbocycles. The van der Waals surface area contributed by atoms with Crippen molar-refractivity contribution < 1.29 is 9.66 Å². The van der Waals surface area contributed by atoms with Crippen LogP contribution in [0.5, 0.6) is 5.88 Å². The number of hydrogen-bond donors (Lipinski definition) is 1. The largest absolute Gasteiger partial charge is 0.471 e. The van der Waals surface area contributed by atoms with Gasteiger partial charge in [-0.1, -0.05) is 20.8 Å². The van der Waals surface area contributed by atoms with Crippen molar-refractivity contribution in [2.75, 3.05) is 38.1 Å². The molecule has 0 aliphatic heterocycles. The van der Waals surface area contributed by atoms with E-state index in [9.17, 15) is 10.1 Å². The molecule has 0 saturated carbocycles. The monoisotopic (exact) mass is 297 g/mol. The van der Waals surface area contributed by atoms with E-state index in [1.54, 1.807) is 0 Å². The Labute approximate surface area is 124 Å². The quantitative estimate of drug-likeness (QED) is 0.521. The SMILES string of the molecule is CCCNc1ncnc(OCCN(CC)CC)c1[N+](=O)[O-]. The van der Waals surface area contributed by atoms with Gasteiger partial charge < -0.3 is 15.0 Å². The molecular formula is C13H23N5O3. The average molecular weight is 297 g/mol. The van der Waals surface area contributed by atoms with E-state index in [0.29, 0.717) is 19.7 Å². The van der Waals surface area contributed by atoms with Gasteiger partial charge in [-0.05, 0) is 19.5 Å². The Morgan fingerprint density at radius 3 is 2.62 bits per heavy atom. The van der Waals surface area contributed by atoms with Gasteiger partial charge in [0.2, 0.25) is 5.82 Å². The molecule has 1 rings (SSSR count).